The Morgan fingerprint density at radius 2 is 1.88 bits per heavy atom. The highest BCUT2D eigenvalue weighted by molar-refractivity contribution is 7.92. The number of halogens is 1. The Hall–Kier alpha value is -2.09. The molecular formula is C18H20ClN3O3S. The lowest BCUT2D eigenvalue weighted by Gasteiger charge is -2.15. The van der Waals surface area contributed by atoms with Crippen LogP contribution in [0.3, 0.4) is 0 Å². The number of sulfonamides is 1. The van der Waals surface area contributed by atoms with Gasteiger partial charge in [0.2, 0.25) is 0 Å². The van der Waals surface area contributed by atoms with Gasteiger partial charge in [0.05, 0.1) is 16.1 Å². The van der Waals surface area contributed by atoms with E-state index in [0.29, 0.717) is 11.6 Å². The summed E-state index contributed by atoms with van der Waals surface area (Å²) in [5, 5.41) is 6.61. The number of hydrogen-bond acceptors (Lipinski definition) is 4. The van der Waals surface area contributed by atoms with Crippen LogP contribution in [0.4, 0.5) is 5.69 Å². The molecule has 0 radical (unpaired) electrons. The molecule has 0 saturated carbocycles. The highest BCUT2D eigenvalue weighted by Crippen LogP contribution is 2.21. The quantitative estimate of drug-likeness (QED) is 0.704. The Labute approximate surface area is 158 Å². The summed E-state index contributed by atoms with van der Waals surface area (Å²) in [5.74, 6) is -0.312. The lowest BCUT2D eigenvalue weighted by Crippen LogP contribution is -2.37. The van der Waals surface area contributed by atoms with Gasteiger partial charge in [-0.05, 0) is 55.8 Å². The monoisotopic (exact) mass is 393 g/mol. The molecule has 1 saturated heterocycles. The number of para-hydroxylation sites is 1. The first kappa shape index (κ1) is 18.7. The smallest absolute Gasteiger partial charge is 0.261 e. The second-order valence-electron chi connectivity index (χ2n) is 6.11. The van der Waals surface area contributed by atoms with E-state index in [1.54, 1.807) is 24.3 Å². The molecule has 0 aromatic heterocycles. The number of carbonyl (C=O) groups is 1. The predicted octanol–water partition coefficient (Wildman–Crippen LogP) is 2.62. The molecule has 3 rings (SSSR count). The van der Waals surface area contributed by atoms with Crippen molar-refractivity contribution in [3.8, 4) is 0 Å². The number of hydrogen-bond donors (Lipinski definition) is 3. The van der Waals surface area contributed by atoms with E-state index in [9.17, 15) is 13.2 Å². The molecule has 1 amide bonds. The Bertz CT molecular complexity index is 879. The van der Waals surface area contributed by atoms with Gasteiger partial charge < -0.3 is 10.6 Å². The van der Waals surface area contributed by atoms with Gasteiger partial charge in [-0.3, -0.25) is 9.52 Å². The molecule has 1 heterocycles. The summed E-state index contributed by atoms with van der Waals surface area (Å²) < 4.78 is 27.6. The van der Waals surface area contributed by atoms with Gasteiger partial charge in [0.1, 0.15) is 0 Å². The van der Waals surface area contributed by atoms with E-state index in [4.69, 9.17) is 11.6 Å². The maximum Gasteiger partial charge on any atom is 0.261 e. The molecule has 1 aliphatic rings. The van der Waals surface area contributed by atoms with Gasteiger partial charge in [0.15, 0.2) is 0 Å². The lowest BCUT2D eigenvalue weighted by atomic mass is 10.1. The summed E-state index contributed by atoms with van der Waals surface area (Å²) in [6.07, 6.45) is 2.11. The number of carbonyl (C=O) groups excluding carboxylic acids is 1. The zero-order valence-corrected chi connectivity index (χ0v) is 15.6. The first-order chi connectivity index (χ1) is 12.5. The molecule has 2 aromatic rings. The van der Waals surface area contributed by atoms with Crippen molar-refractivity contribution in [1.29, 1.82) is 0 Å². The van der Waals surface area contributed by atoms with Crippen molar-refractivity contribution in [1.82, 2.24) is 10.6 Å². The average Bonchev–Trinajstić information content (AvgIpc) is 3.14. The third-order valence-electron chi connectivity index (χ3n) is 4.21. The molecule has 1 fully saturated rings. The molecule has 1 unspecified atom stereocenters. The summed E-state index contributed by atoms with van der Waals surface area (Å²) in [5.41, 5.74) is 0.516. The van der Waals surface area contributed by atoms with E-state index in [1.165, 1.54) is 24.3 Å². The summed E-state index contributed by atoms with van der Waals surface area (Å²) in [4.78, 5) is 12.6. The van der Waals surface area contributed by atoms with Crippen LogP contribution in [0.2, 0.25) is 5.02 Å². The standard InChI is InChI=1S/C18H20ClN3O3S/c19-13-7-9-15(10-8-13)26(24,25)22-17-6-2-1-5-16(17)18(23)21-12-14-4-3-11-20-14/h1-2,5-10,14,20,22H,3-4,11-12H2,(H,21,23). The normalized spacial score (nSPS) is 17.0. The molecule has 1 aliphatic heterocycles. The van der Waals surface area contributed by atoms with E-state index in [0.717, 1.165) is 19.4 Å². The minimum atomic E-state index is -3.82. The number of anilines is 1. The molecule has 8 heteroatoms. The number of amides is 1. The first-order valence-corrected chi connectivity index (χ1v) is 10.2. The highest BCUT2D eigenvalue weighted by Gasteiger charge is 2.20. The van der Waals surface area contributed by atoms with Crippen LogP contribution in [0.15, 0.2) is 53.4 Å². The van der Waals surface area contributed by atoms with Crippen molar-refractivity contribution in [2.24, 2.45) is 0 Å². The van der Waals surface area contributed by atoms with Crippen LogP contribution < -0.4 is 15.4 Å². The maximum absolute atomic E-state index is 12.6. The highest BCUT2D eigenvalue weighted by atomic mass is 35.5. The van der Waals surface area contributed by atoms with Crippen molar-refractivity contribution in [3.63, 3.8) is 0 Å². The molecule has 0 spiro atoms. The van der Waals surface area contributed by atoms with Crippen LogP contribution in [-0.2, 0) is 10.0 Å². The van der Waals surface area contributed by atoms with Gasteiger partial charge in [-0.2, -0.15) is 0 Å². The zero-order valence-electron chi connectivity index (χ0n) is 14.0. The van der Waals surface area contributed by atoms with Crippen LogP contribution in [0, 0.1) is 0 Å². The summed E-state index contributed by atoms with van der Waals surface area (Å²) in [6.45, 7) is 1.47. The fourth-order valence-electron chi connectivity index (χ4n) is 2.83. The molecule has 2 aromatic carbocycles. The van der Waals surface area contributed by atoms with Crippen molar-refractivity contribution in [3.05, 3.63) is 59.1 Å². The van der Waals surface area contributed by atoms with Crippen molar-refractivity contribution < 1.29 is 13.2 Å². The molecule has 1 atom stereocenters. The average molecular weight is 394 g/mol. The van der Waals surface area contributed by atoms with Crippen LogP contribution in [-0.4, -0.2) is 33.5 Å². The van der Waals surface area contributed by atoms with Gasteiger partial charge in [-0.25, -0.2) is 8.42 Å². The summed E-state index contributed by atoms with van der Waals surface area (Å²) in [6, 6.07) is 12.6. The van der Waals surface area contributed by atoms with Crippen LogP contribution in [0.25, 0.3) is 0 Å². The van der Waals surface area contributed by atoms with Gasteiger partial charge in [0, 0.05) is 17.6 Å². The minimum absolute atomic E-state index is 0.0762. The number of nitrogens with one attached hydrogen (secondary N) is 3. The summed E-state index contributed by atoms with van der Waals surface area (Å²) >= 11 is 5.80. The largest absolute Gasteiger partial charge is 0.350 e. The van der Waals surface area contributed by atoms with Crippen LogP contribution >= 0.6 is 11.6 Å². The molecule has 6 nitrogen and oxygen atoms in total. The van der Waals surface area contributed by atoms with Gasteiger partial charge >= 0.3 is 0 Å². The summed E-state index contributed by atoms with van der Waals surface area (Å²) in [7, 11) is -3.82. The Kier molecular flexibility index (Phi) is 5.80. The van der Waals surface area contributed by atoms with Crippen molar-refractivity contribution >= 4 is 33.2 Å². The van der Waals surface area contributed by atoms with E-state index in [1.807, 2.05) is 0 Å². The molecule has 0 aliphatic carbocycles. The van der Waals surface area contributed by atoms with E-state index in [-0.39, 0.29) is 28.1 Å². The van der Waals surface area contributed by atoms with Crippen LogP contribution in [0.1, 0.15) is 23.2 Å². The number of benzene rings is 2. The molecular weight excluding hydrogens is 374 g/mol. The third kappa shape index (κ3) is 4.55. The van der Waals surface area contributed by atoms with Crippen LogP contribution in [0.5, 0.6) is 0 Å². The molecule has 138 valence electrons. The lowest BCUT2D eigenvalue weighted by molar-refractivity contribution is 0.0951. The first-order valence-electron chi connectivity index (χ1n) is 8.35. The van der Waals surface area contributed by atoms with Crippen molar-refractivity contribution in [2.45, 2.75) is 23.8 Å². The Balaban J connectivity index is 1.75. The maximum atomic E-state index is 12.6. The fourth-order valence-corrected chi connectivity index (χ4v) is 4.04. The Morgan fingerprint density at radius 3 is 2.58 bits per heavy atom. The Morgan fingerprint density at radius 1 is 1.15 bits per heavy atom. The minimum Gasteiger partial charge on any atom is -0.350 e. The van der Waals surface area contributed by atoms with Crippen molar-refractivity contribution in [2.75, 3.05) is 17.8 Å². The second kappa shape index (κ2) is 8.07. The van der Waals surface area contributed by atoms with Gasteiger partial charge in [-0.15, -0.1) is 0 Å². The van der Waals surface area contributed by atoms with E-state index >= 15 is 0 Å². The molecule has 26 heavy (non-hydrogen) atoms. The van der Waals surface area contributed by atoms with Gasteiger partial charge in [0.25, 0.3) is 15.9 Å². The van der Waals surface area contributed by atoms with E-state index < -0.39 is 10.0 Å². The zero-order chi connectivity index (χ0) is 18.6. The predicted molar refractivity (Wildman–Crippen MR) is 102 cm³/mol. The third-order valence-corrected chi connectivity index (χ3v) is 5.84. The SMILES string of the molecule is O=C(NCC1CCCN1)c1ccccc1NS(=O)(=O)c1ccc(Cl)cc1. The van der Waals surface area contributed by atoms with E-state index in [2.05, 4.69) is 15.4 Å². The second-order valence-corrected chi connectivity index (χ2v) is 8.23. The topological polar surface area (TPSA) is 87.3 Å². The van der Waals surface area contributed by atoms with Gasteiger partial charge in [-0.1, -0.05) is 23.7 Å². The number of rotatable bonds is 6. The molecule has 3 N–H and O–H groups in total. The fraction of sp³-hybridized carbons (Fsp3) is 0.278. The molecule has 0 bridgehead atoms.